The summed E-state index contributed by atoms with van der Waals surface area (Å²) in [6.07, 6.45) is 2.41. The van der Waals surface area contributed by atoms with E-state index in [2.05, 4.69) is 4.74 Å². The van der Waals surface area contributed by atoms with Crippen LogP contribution in [0.3, 0.4) is 0 Å². The molecule has 0 bridgehead atoms. The third-order valence-electron chi connectivity index (χ3n) is 3.52. The van der Waals surface area contributed by atoms with Crippen molar-refractivity contribution in [2.24, 2.45) is 5.73 Å². The van der Waals surface area contributed by atoms with Gasteiger partial charge in [0.1, 0.15) is 0 Å². The molecule has 114 valence electrons. The summed E-state index contributed by atoms with van der Waals surface area (Å²) in [6, 6.07) is 0. The van der Waals surface area contributed by atoms with E-state index in [1.165, 1.54) is 13.2 Å². The van der Waals surface area contributed by atoms with Crippen LogP contribution in [-0.2, 0) is 19.1 Å². The SMILES string of the molecule is COC1=CC(=O)C(N2CCCC2)=C(CCOC(N)=O)C1=O. The molecule has 0 saturated carbocycles. The Balaban J connectivity index is 2.27. The molecule has 1 fully saturated rings. The number of nitrogens with two attached hydrogens (primary N) is 1. The number of hydrogen-bond acceptors (Lipinski definition) is 6. The van der Waals surface area contributed by atoms with E-state index in [4.69, 9.17) is 10.5 Å². The van der Waals surface area contributed by atoms with Crippen LogP contribution in [0.5, 0.6) is 0 Å². The van der Waals surface area contributed by atoms with Crippen LogP contribution in [0.2, 0.25) is 0 Å². The van der Waals surface area contributed by atoms with E-state index in [9.17, 15) is 14.4 Å². The van der Waals surface area contributed by atoms with Gasteiger partial charge in [-0.25, -0.2) is 4.79 Å². The fraction of sp³-hybridized carbons (Fsp3) is 0.500. The maximum absolute atomic E-state index is 12.3. The topological polar surface area (TPSA) is 98.9 Å². The van der Waals surface area contributed by atoms with Crippen LogP contribution in [0.1, 0.15) is 19.3 Å². The summed E-state index contributed by atoms with van der Waals surface area (Å²) in [5.74, 6) is -0.577. The summed E-state index contributed by atoms with van der Waals surface area (Å²) in [6.45, 7) is 1.44. The Morgan fingerprint density at radius 1 is 1.33 bits per heavy atom. The number of ketones is 2. The number of Topliss-reactive ketones (excluding diaryl/α,β-unsaturated/α-hetero) is 1. The van der Waals surface area contributed by atoms with Crippen LogP contribution >= 0.6 is 0 Å². The van der Waals surface area contributed by atoms with Crippen molar-refractivity contribution in [3.8, 4) is 0 Å². The van der Waals surface area contributed by atoms with Crippen LogP contribution in [0.25, 0.3) is 0 Å². The summed E-state index contributed by atoms with van der Waals surface area (Å²) >= 11 is 0. The van der Waals surface area contributed by atoms with Crippen molar-refractivity contribution in [3.05, 3.63) is 23.1 Å². The molecule has 1 aliphatic carbocycles. The number of carbonyl (C=O) groups is 3. The van der Waals surface area contributed by atoms with Crippen LogP contribution in [0.4, 0.5) is 4.79 Å². The monoisotopic (exact) mass is 294 g/mol. The Morgan fingerprint density at radius 3 is 2.57 bits per heavy atom. The van der Waals surface area contributed by atoms with Gasteiger partial charge in [-0.1, -0.05) is 0 Å². The summed E-state index contributed by atoms with van der Waals surface area (Å²) in [4.78, 5) is 37.1. The van der Waals surface area contributed by atoms with Crippen LogP contribution in [-0.4, -0.2) is 49.4 Å². The lowest BCUT2D eigenvalue weighted by Gasteiger charge is -2.26. The molecule has 0 aromatic heterocycles. The van der Waals surface area contributed by atoms with Gasteiger partial charge in [-0.2, -0.15) is 0 Å². The lowest BCUT2D eigenvalue weighted by molar-refractivity contribution is -0.119. The predicted molar refractivity (Wildman–Crippen MR) is 73.1 cm³/mol. The lowest BCUT2D eigenvalue weighted by atomic mass is 9.95. The summed E-state index contributed by atoms with van der Waals surface area (Å²) in [5.41, 5.74) is 5.62. The number of hydrogen-bond donors (Lipinski definition) is 1. The van der Waals surface area contributed by atoms with Crippen molar-refractivity contribution in [1.82, 2.24) is 4.90 Å². The number of methoxy groups -OCH3 is 1. The molecule has 1 amide bonds. The first-order valence-electron chi connectivity index (χ1n) is 6.79. The van der Waals surface area contributed by atoms with Gasteiger partial charge < -0.3 is 20.1 Å². The van der Waals surface area contributed by atoms with Crippen molar-refractivity contribution < 1.29 is 23.9 Å². The number of likely N-dealkylation sites (tertiary alicyclic amines) is 1. The third-order valence-corrected chi connectivity index (χ3v) is 3.52. The average molecular weight is 294 g/mol. The zero-order chi connectivity index (χ0) is 15.4. The maximum Gasteiger partial charge on any atom is 0.404 e. The van der Waals surface area contributed by atoms with E-state index in [1.807, 2.05) is 4.90 Å². The van der Waals surface area contributed by atoms with Gasteiger partial charge in [0.05, 0.1) is 19.4 Å². The number of carbonyl (C=O) groups excluding carboxylic acids is 3. The number of primary amides is 1. The van der Waals surface area contributed by atoms with Gasteiger partial charge >= 0.3 is 6.09 Å². The Kier molecular flexibility index (Phi) is 4.62. The highest BCUT2D eigenvalue weighted by atomic mass is 16.5. The second kappa shape index (κ2) is 6.43. The molecule has 1 saturated heterocycles. The second-order valence-electron chi connectivity index (χ2n) is 4.84. The molecule has 2 rings (SSSR count). The van der Waals surface area contributed by atoms with Gasteiger partial charge in [-0.3, -0.25) is 9.59 Å². The van der Waals surface area contributed by atoms with E-state index in [0.717, 1.165) is 25.9 Å². The van der Waals surface area contributed by atoms with E-state index >= 15 is 0 Å². The highest BCUT2D eigenvalue weighted by Crippen LogP contribution is 2.27. The number of rotatable bonds is 5. The van der Waals surface area contributed by atoms with E-state index in [0.29, 0.717) is 11.3 Å². The molecule has 1 aliphatic heterocycles. The fourth-order valence-electron chi connectivity index (χ4n) is 2.58. The minimum absolute atomic E-state index is 0.0111. The molecule has 0 unspecified atom stereocenters. The molecule has 2 aliphatic rings. The largest absolute Gasteiger partial charge is 0.493 e. The molecule has 21 heavy (non-hydrogen) atoms. The van der Waals surface area contributed by atoms with Gasteiger partial charge in [0.25, 0.3) is 0 Å². The van der Waals surface area contributed by atoms with Crippen molar-refractivity contribution in [3.63, 3.8) is 0 Å². The summed E-state index contributed by atoms with van der Waals surface area (Å²) < 4.78 is 9.62. The van der Waals surface area contributed by atoms with Crippen LogP contribution in [0.15, 0.2) is 23.1 Å². The summed E-state index contributed by atoms with van der Waals surface area (Å²) in [7, 11) is 1.34. The molecule has 0 atom stereocenters. The number of ether oxygens (including phenoxy) is 2. The quantitative estimate of drug-likeness (QED) is 0.741. The summed E-state index contributed by atoms with van der Waals surface area (Å²) in [5, 5.41) is 0. The second-order valence-corrected chi connectivity index (χ2v) is 4.84. The zero-order valence-corrected chi connectivity index (χ0v) is 11.9. The van der Waals surface area contributed by atoms with Crippen molar-refractivity contribution in [1.29, 1.82) is 0 Å². The minimum atomic E-state index is -0.907. The highest BCUT2D eigenvalue weighted by Gasteiger charge is 2.33. The molecule has 0 aromatic carbocycles. The minimum Gasteiger partial charge on any atom is -0.493 e. The van der Waals surface area contributed by atoms with Crippen molar-refractivity contribution in [2.45, 2.75) is 19.3 Å². The molecule has 2 N–H and O–H groups in total. The Labute approximate surface area is 122 Å². The van der Waals surface area contributed by atoms with E-state index < -0.39 is 6.09 Å². The molecule has 1 heterocycles. The Hall–Kier alpha value is -2.31. The van der Waals surface area contributed by atoms with Gasteiger partial charge in [-0.05, 0) is 12.8 Å². The number of amides is 1. The number of allylic oxidation sites excluding steroid dienone is 2. The normalized spacial score (nSPS) is 18.9. The molecule has 7 nitrogen and oxygen atoms in total. The zero-order valence-electron chi connectivity index (χ0n) is 11.9. The number of nitrogens with zero attached hydrogens (tertiary/aromatic N) is 1. The average Bonchev–Trinajstić information content (AvgIpc) is 2.95. The van der Waals surface area contributed by atoms with Crippen molar-refractivity contribution >= 4 is 17.7 Å². The van der Waals surface area contributed by atoms with E-state index in [-0.39, 0.29) is 30.4 Å². The van der Waals surface area contributed by atoms with Gasteiger partial charge in [0, 0.05) is 31.2 Å². The van der Waals surface area contributed by atoms with E-state index in [1.54, 1.807) is 0 Å². The van der Waals surface area contributed by atoms with Gasteiger partial charge in [-0.15, -0.1) is 0 Å². The first-order valence-corrected chi connectivity index (χ1v) is 6.79. The maximum atomic E-state index is 12.3. The lowest BCUT2D eigenvalue weighted by Crippen LogP contribution is -2.32. The predicted octanol–water partition coefficient (Wildman–Crippen LogP) is 0.504. The Bertz CT molecular complexity index is 529. The van der Waals surface area contributed by atoms with Crippen molar-refractivity contribution in [2.75, 3.05) is 26.8 Å². The standard InChI is InChI=1S/C14H18N2O5/c1-20-11-8-10(17)12(16-5-2-3-6-16)9(13(11)18)4-7-21-14(15)19/h8H,2-7H2,1H3,(H2,15,19). The molecule has 7 heteroatoms. The molecular weight excluding hydrogens is 276 g/mol. The fourth-order valence-corrected chi connectivity index (χ4v) is 2.58. The van der Waals surface area contributed by atoms with Crippen LogP contribution < -0.4 is 5.73 Å². The molecule has 0 radical (unpaired) electrons. The van der Waals surface area contributed by atoms with Crippen LogP contribution in [0, 0.1) is 0 Å². The third kappa shape index (κ3) is 3.24. The Morgan fingerprint density at radius 2 is 2.00 bits per heavy atom. The smallest absolute Gasteiger partial charge is 0.404 e. The first kappa shape index (κ1) is 15.1. The molecule has 0 aromatic rings. The molecule has 0 spiro atoms. The highest BCUT2D eigenvalue weighted by molar-refractivity contribution is 6.21. The first-order chi connectivity index (χ1) is 10.0. The van der Waals surface area contributed by atoms with Gasteiger partial charge in [0.15, 0.2) is 5.76 Å². The molecular formula is C14H18N2O5. The van der Waals surface area contributed by atoms with Gasteiger partial charge in [0.2, 0.25) is 11.6 Å².